The van der Waals surface area contributed by atoms with Crippen LogP contribution >= 0.6 is 11.6 Å². The van der Waals surface area contributed by atoms with Crippen LogP contribution < -0.4 is 5.32 Å². The van der Waals surface area contributed by atoms with Gasteiger partial charge in [0, 0.05) is 18.3 Å². The van der Waals surface area contributed by atoms with Gasteiger partial charge in [-0.1, -0.05) is 30.8 Å². The summed E-state index contributed by atoms with van der Waals surface area (Å²) in [4.78, 5) is 0. The van der Waals surface area contributed by atoms with Gasteiger partial charge < -0.3 is 9.73 Å². The van der Waals surface area contributed by atoms with E-state index in [9.17, 15) is 0 Å². The molecule has 0 spiro atoms. The highest BCUT2D eigenvalue weighted by Crippen LogP contribution is 2.20. The van der Waals surface area contributed by atoms with E-state index in [-0.39, 0.29) is 0 Å². The topological polar surface area (TPSA) is 51.0 Å². The Kier molecular flexibility index (Phi) is 4.45. The molecule has 0 amide bonds. The monoisotopic (exact) mass is 243 g/mol. The highest BCUT2D eigenvalue weighted by atomic mass is 35.5. The lowest BCUT2D eigenvalue weighted by Gasteiger charge is -2.13. The van der Waals surface area contributed by atoms with E-state index in [2.05, 4.69) is 15.5 Å². The summed E-state index contributed by atoms with van der Waals surface area (Å²) in [6, 6.07) is 1.04. The van der Waals surface area contributed by atoms with Crippen LogP contribution in [-0.4, -0.2) is 22.1 Å². The summed E-state index contributed by atoms with van der Waals surface area (Å²) in [6.07, 6.45) is 8.32. The molecule has 16 heavy (non-hydrogen) atoms. The van der Waals surface area contributed by atoms with Crippen LogP contribution in [0.4, 0.5) is 6.01 Å². The Balaban J connectivity index is 1.86. The Bertz CT molecular complexity index is 308. The number of alkyl halides is 1. The SMILES string of the molecule is ClCCc1nnc(NC2CCCCCC2)o1. The Hall–Kier alpha value is -0.770. The fraction of sp³-hybridized carbons (Fsp3) is 0.818. The number of aryl methyl sites for hydroxylation is 1. The molecule has 5 heteroatoms. The Morgan fingerprint density at radius 3 is 2.62 bits per heavy atom. The fourth-order valence-electron chi connectivity index (χ4n) is 2.09. The summed E-state index contributed by atoms with van der Waals surface area (Å²) in [5, 5.41) is 11.2. The van der Waals surface area contributed by atoms with Gasteiger partial charge in [-0.15, -0.1) is 16.7 Å². The molecule has 1 saturated carbocycles. The number of halogens is 1. The van der Waals surface area contributed by atoms with E-state index < -0.39 is 0 Å². The van der Waals surface area contributed by atoms with E-state index in [1.54, 1.807) is 0 Å². The number of rotatable bonds is 4. The van der Waals surface area contributed by atoms with Gasteiger partial charge in [0.05, 0.1) is 0 Å². The zero-order chi connectivity index (χ0) is 11.2. The van der Waals surface area contributed by atoms with Gasteiger partial charge >= 0.3 is 6.01 Å². The average molecular weight is 244 g/mol. The minimum Gasteiger partial charge on any atom is -0.408 e. The quantitative estimate of drug-likeness (QED) is 0.653. The van der Waals surface area contributed by atoms with Gasteiger partial charge in [0.1, 0.15) is 0 Å². The van der Waals surface area contributed by atoms with Gasteiger partial charge in [-0.3, -0.25) is 0 Å². The molecule has 1 heterocycles. The van der Waals surface area contributed by atoms with Crippen molar-refractivity contribution in [3.8, 4) is 0 Å². The second-order valence-electron chi connectivity index (χ2n) is 4.27. The maximum Gasteiger partial charge on any atom is 0.315 e. The average Bonchev–Trinajstić information content (AvgIpc) is 2.56. The number of aromatic nitrogens is 2. The van der Waals surface area contributed by atoms with E-state index >= 15 is 0 Å². The molecule has 0 atom stereocenters. The van der Waals surface area contributed by atoms with Crippen LogP contribution in [-0.2, 0) is 6.42 Å². The zero-order valence-electron chi connectivity index (χ0n) is 9.41. The number of nitrogens with one attached hydrogen (secondary N) is 1. The molecule has 1 N–H and O–H groups in total. The molecule has 1 aromatic rings. The van der Waals surface area contributed by atoms with Crippen LogP contribution in [0.15, 0.2) is 4.42 Å². The van der Waals surface area contributed by atoms with Crippen molar-refractivity contribution < 1.29 is 4.42 Å². The first-order valence-electron chi connectivity index (χ1n) is 6.03. The Labute approximate surface area is 101 Å². The van der Waals surface area contributed by atoms with Crippen molar-refractivity contribution in [1.29, 1.82) is 0 Å². The predicted molar refractivity (Wildman–Crippen MR) is 63.8 cm³/mol. The van der Waals surface area contributed by atoms with Gasteiger partial charge in [0.25, 0.3) is 0 Å². The molecule has 4 nitrogen and oxygen atoms in total. The van der Waals surface area contributed by atoms with Crippen molar-refractivity contribution in [2.24, 2.45) is 0 Å². The van der Waals surface area contributed by atoms with E-state index in [0.29, 0.717) is 30.2 Å². The standard InChI is InChI=1S/C11H18ClN3O/c12-8-7-10-14-15-11(16-10)13-9-5-3-1-2-4-6-9/h9H,1-8H2,(H,13,15). The minimum atomic E-state index is 0.492. The molecular formula is C11H18ClN3O. The fourth-order valence-corrected chi connectivity index (χ4v) is 2.25. The first-order valence-corrected chi connectivity index (χ1v) is 6.57. The molecule has 0 aromatic carbocycles. The first kappa shape index (κ1) is 11.7. The van der Waals surface area contributed by atoms with Crippen molar-refractivity contribution in [3.63, 3.8) is 0 Å². The predicted octanol–water partition coefficient (Wildman–Crippen LogP) is 2.99. The summed E-state index contributed by atoms with van der Waals surface area (Å²) >= 11 is 5.61. The summed E-state index contributed by atoms with van der Waals surface area (Å²) in [6.45, 7) is 0. The molecule has 1 aliphatic rings. The van der Waals surface area contributed by atoms with Gasteiger partial charge in [-0.2, -0.15) is 0 Å². The highest BCUT2D eigenvalue weighted by Gasteiger charge is 2.14. The maximum absolute atomic E-state index is 5.61. The second kappa shape index (κ2) is 6.09. The van der Waals surface area contributed by atoms with Gasteiger partial charge in [-0.05, 0) is 12.8 Å². The van der Waals surface area contributed by atoms with Gasteiger partial charge in [0.2, 0.25) is 5.89 Å². The molecule has 1 aromatic heterocycles. The van der Waals surface area contributed by atoms with Crippen LogP contribution in [0, 0.1) is 0 Å². The molecule has 2 rings (SSSR count). The summed E-state index contributed by atoms with van der Waals surface area (Å²) < 4.78 is 5.45. The van der Waals surface area contributed by atoms with Crippen LogP contribution in [0.2, 0.25) is 0 Å². The molecule has 0 radical (unpaired) electrons. The molecule has 1 fully saturated rings. The third kappa shape index (κ3) is 3.37. The van der Waals surface area contributed by atoms with Crippen molar-refractivity contribution in [2.75, 3.05) is 11.2 Å². The molecule has 0 saturated heterocycles. The van der Waals surface area contributed by atoms with Gasteiger partial charge in [-0.25, -0.2) is 0 Å². The second-order valence-corrected chi connectivity index (χ2v) is 4.65. The number of hydrogen-bond donors (Lipinski definition) is 1. The van der Waals surface area contributed by atoms with Crippen molar-refractivity contribution >= 4 is 17.6 Å². The summed E-state index contributed by atoms with van der Waals surface area (Å²) in [5.41, 5.74) is 0. The first-order chi connectivity index (χ1) is 7.88. The number of anilines is 1. The molecular weight excluding hydrogens is 226 g/mol. The van der Waals surface area contributed by atoms with E-state index in [4.69, 9.17) is 16.0 Å². The van der Waals surface area contributed by atoms with E-state index in [0.717, 1.165) is 0 Å². The lowest BCUT2D eigenvalue weighted by molar-refractivity contribution is 0.496. The third-order valence-corrected chi connectivity index (χ3v) is 3.15. The molecule has 90 valence electrons. The van der Waals surface area contributed by atoms with Crippen molar-refractivity contribution in [2.45, 2.75) is 51.0 Å². The van der Waals surface area contributed by atoms with E-state index in [1.807, 2.05) is 0 Å². The van der Waals surface area contributed by atoms with Crippen LogP contribution in [0.3, 0.4) is 0 Å². The molecule has 0 aliphatic heterocycles. The minimum absolute atomic E-state index is 0.492. The van der Waals surface area contributed by atoms with Crippen LogP contribution in [0.25, 0.3) is 0 Å². The summed E-state index contributed by atoms with van der Waals surface area (Å²) in [7, 11) is 0. The zero-order valence-corrected chi connectivity index (χ0v) is 10.2. The van der Waals surface area contributed by atoms with Gasteiger partial charge in [0.15, 0.2) is 0 Å². The largest absolute Gasteiger partial charge is 0.408 e. The van der Waals surface area contributed by atoms with Crippen molar-refractivity contribution in [3.05, 3.63) is 5.89 Å². The Morgan fingerprint density at radius 1 is 1.19 bits per heavy atom. The summed E-state index contributed by atoms with van der Waals surface area (Å²) in [5.74, 6) is 1.14. The van der Waals surface area contributed by atoms with Crippen molar-refractivity contribution in [1.82, 2.24) is 10.2 Å². The Morgan fingerprint density at radius 2 is 1.94 bits per heavy atom. The smallest absolute Gasteiger partial charge is 0.315 e. The lowest BCUT2D eigenvalue weighted by atomic mass is 10.1. The van der Waals surface area contributed by atoms with Crippen LogP contribution in [0.1, 0.15) is 44.4 Å². The lowest BCUT2D eigenvalue weighted by Crippen LogP contribution is -2.18. The number of hydrogen-bond acceptors (Lipinski definition) is 4. The van der Waals surface area contributed by atoms with E-state index in [1.165, 1.54) is 38.5 Å². The third-order valence-electron chi connectivity index (χ3n) is 2.96. The molecule has 0 unspecified atom stereocenters. The molecule has 0 bridgehead atoms. The number of nitrogens with zero attached hydrogens (tertiary/aromatic N) is 2. The molecule has 1 aliphatic carbocycles. The maximum atomic E-state index is 5.61. The van der Waals surface area contributed by atoms with Crippen LogP contribution in [0.5, 0.6) is 0 Å². The normalized spacial score (nSPS) is 18.3. The highest BCUT2D eigenvalue weighted by molar-refractivity contribution is 6.17.